The van der Waals surface area contributed by atoms with Crippen molar-refractivity contribution < 1.29 is 14.6 Å². The monoisotopic (exact) mass is 297 g/mol. The molecule has 114 valence electrons. The van der Waals surface area contributed by atoms with Crippen LogP contribution < -0.4 is 9.64 Å². The third kappa shape index (κ3) is 2.64. The Hall–Kier alpha value is -2.49. The molecule has 3 rings (SSSR count). The molecular formula is C18H19NO3. The van der Waals surface area contributed by atoms with Crippen molar-refractivity contribution in [2.75, 3.05) is 18.6 Å². The SMILES string of the molecule is COc1cccc(C(C(=O)O)N2CCCc3ccccc32)c1. The molecule has 1 unspecified atom stereocenters. The molecule has 1 aliphatic heterocycles. The molecule has 0 radical (unpaired) electrons. The van der Waals surface area contributed by atoms with Gasteiger partial charge in [0, 0.05) is 12.2 Å². The van der Waals surface area contributed by atoms with Crippen LogP contribution in [0, 0.1) is 0 Å². The number of methoxy groups -OCH3 is 1. The first-order valence-electron chi connectivity index (χ1n) is 7.42. The first-order chi connectivity index (χ1) is 10.7. The zero-order valence-electron chi connectivity index (χ0n) is 12.5. The quantitative estimate of drug-likeness (QED) is 0.941. The Balaban J connectivity index is 2.04. The molecule has 0 saturated carbocycles. The number of hydrogen-bond acceptors (Lipinski definition) is 3. The summed E-state index contributed by atoms with van der Waals surface area (Å²) in [5.41, 5.74) is 2.97. The number of rotatable bonds is 4. The molecule has 2 aromatic carbocycles. The molecule has 4 heteroatoms. The van der Waals surface area contributed by atoms with Crippen molar-refractivity contribution in [2.24, 2.45) is 0 Å². The van der Waals surface area contributed by atoms with Gasteiger partial charge in [-0.3, -0.25) is 0 Å². The van der Waals surface area contributed by atoms with Gasteiger partial charge in [-0.2, -0.15) is 0 Å². The third-order valence-electron chi connectivity index (χ3n) is 4.10. The van der Waals surface area contributed by atoms with Gasteiger partial charge in [0.15, 0.2) is 6.04 Å². The van der Waals surface area contributed by atoms with E-state index in [0.717, 1.165) is 30.6 Å². The Kier molecular flexibility index (Phi) is 4.00. The fourth-order valence-corrected chi connectivity index (χ4v) is 3.10. The van der Waals surface area contributed by atoms with Crippen molar-refractivity contribution in [3.8, 4) is 5.75 Å². The van der Waals surface area contributed by atoms with Crippen molar-refractivity contribution in [3.63, 3.8) is 0 Å². The van der Waals surface area contributed by atoms with Gasteiger partial charge >= 0.3 is 5.97 Å². The molecule has 0 saturated heterocycles. The highest BCUT2D eigenvalue weighted by Gasteiger charge is 2.30. The van der Waals surface area contributed by atoms with Gasteiger partial charge in [0.05, 0.1) is 7.11 Å². The van der Waals surface area contributed by atoms with Crippen molar-refractivity contribution in [3.05, 3.63) is 59.7 Å². The summed E-state index contributed by atoms with van der Waals surface area (Å²) >= 11 is 0. The number of fused-ring (bicyclic) bond motifs is 1. The fourth-order valence-electron chi connectivity index (χ4n) is 3.10. The van der Waals surface area contributed by atoms with Crippen molar-refractivity contribution in [1.29, 1.82) is 0 Å². The lowest BCUT2D eigenvalue weighted by atomic mass is 9.97. The van der Waals surface area contributed by atoms with Gasteiger partial charge in [0.2, 0.25) is 0 Å². The molecule has 1 atom stereocenters. The summed E-state index contributed by atoms with van der Waals surface area (Å²) in [6, 6.07) is 14.7. The maximum atomic E-state index is 11.9. The Morgan fingerprint density at radius 2 is 2.05 bits per heavy atom. The van der Waals surface area contributed by atoms with E-state index >= 15 is 0 Å². The van der Waals surface area contributed by atoms with E-state index in [1.807, 2.05) is 41.3 Å². The molecule has 0 aromatic heterocycles. The molecule has 0 aliphatic carbocycles. The van der Waals surface area contributed by atoms with Crippen LogP contribution in [0.4, 0.5) is 5.69 Å². The first-order valence-corrected chi connectivity index (χ1v) is 7.42. The number of hydrogen-bond donors (Lipinski definition) is 1. The van der Waals surface area contributed by atoms with Crippen LogP contribution in [0.5, 0.6) is 5.75 Å². The van der Waals surface area contributed by atoms with Gasteiger partial charge in [-0.25, -0.2) is 4.79 Å². The lowest BCUT2D eigenvalue weighted by Crippen LogP contribution is -2.37. The van der Waals surface area contributed by atoms with Gasteiger partial charge in [0.1, 0.15) is 5.75 Å². The topological polar surface area (TPSA) is 49.8 Å². The molecular weight excluding hydrogens is 278 g/mol. The van der Waals surface area contributed by atoms with Crippen LogP contribution in [-0.4, -0.2) is 24.7 Å². The summed E-state index contributed by atoms with van der Waals surface area (Å²) in [6.07, 6.45) is 1.96. The molecule has 1 aliphatic rings. The van der Waals surface area contributed by atoms with Crippen LogP contribution in [0.3, 0.4) is 0 Å². The Bertz CT molecular complexity index is 684. The Labute approximate surface area is 130 Å². The van der Waals surface area contributed by atoms with Crippen LogP contribution in [0.25, 0.3) is 0 Å². The molecule has 0 bridgehead atoms. The van der Waals surface area contributed by atoms with Crippen LogP contribution >= 0.6 is 0 Å². The number of aliphatic carboxylic acids is 1. The van der Waals surface area contributed by atoms with E-state index in [1.54, 1.807) is 13.2 Å². The summed E-state index contributed by atoms with van der Waals surface area (Å²) < 4.78 is 5.23. The van der Waals surface area contributed by atoms with Crippen molar-refractivity contribution >= 4 is 11.7 Å². The third-order valence-corrected chi connectivity index (χ3v) is 4.10. The van der Waals surface area contributed by atoms with Crippen LogP contribution in [0.2, 0.25) is 0 Å². The number of anilines is 1. The van der Waals surface area contributed by atoms with Crippen LogP contribution in [0.1, 0.15) is 23.6 Å². The average Bonchev–Trinajstić information content (AvgIpc) is 2.55. The number of benzene rings is 2. The summed E-state index contributed by atoms with van der Waals surface area (Å²) in [7, 11) is 1.59. The van der Waals surface area contributed by atoms with Gasteiger partial charge < -0.3 is 14.7 Å². The minimum atomic E-state index is -0.843. The number of carboxylic acid groups (broad SMARTS) is 1. The molecule has 4 nitrogen and oxygen atoms in total. The molecule has 2 aromatic rings. The number of carboxylic acids is 1. The Morgan fingerprint density at radius 3 is 2.82 bits per heavy atom. The zero-order chi connectivity index (χ0) is 15.5. The fraction of sp³-hybridized carbons (Fsp3) is 0.278. The molecule has 0 fully saturated rings. The van der Waals surface area contributed by atoms with Crippen LogP contribution in [0.15, 0.2) is 48.5 Å². The van der Waals surface area contributed by atoms with Gasteiger partial charge in [0.25, 0.3) is 0 Å². The maximum absolute atomic E-state index is 11.9. The summed E-state index contributed by atoms with van der Waals surface area (Å²) in [6.45, 7) is 0.741. The van der Waals surface area contributed by atoms with Gasteiger partial charge in [-0.15, -0.1) is 0 Å². The minimum Gasteiger partial charge on any atom is -0.497 e. The molecule has 0 spiro atoms. The number of ether oxygens (including phenoxy) is 1. The first kappa shape index (κ1) is 14.4. The predicted molar refractivity (Wildman–Crippen MR) is 85.5 cm³/mol. The van der Waals surface area contributed by atoms with Crippen LogP contribution in [-0.2, 0) is 11.2 Å². The highest BCUT2D eigenvalue weighted by molar-refractivity contribution is 5.81. The summed E-state index contributed by atoms with van der Waals surface area (Å²) in [4.78, 5) is 13.9. The molecule has 0 amide bonds. The smallest absolute Gasteiger partial charge is 0.331 e. The molecule has 1 N–H and O–H groups in total. The maximum Gasteiger partial charge on any atom is 0.331 e. The number of aryl methyl sites for hydroxylation is 1. The summed E-state index contributed by atoms with van der Waals surface area (Å²) in [5.74, 6) is -0.168. The number of para-hydroxylation sites is 1. The second kappa shape index (κ2) is 6.10. The second-order valence-corrected chi connectivity index (χ2v) is 5.44. The zero-order valence-corrected chi connectivity index (χ0v) is 12.5. The van der Waals surface area contributed by atoms with E-state index in [1.165, 1.54) is 5.56 Å². The average molecular weight is 297 g/mol. The minimum absolute atomic E-state index is 0.675. The highest BCUT2D eigenvalue weighted by Crippen LogP contribution is 2.35. The molecule has 22 heavy (non-hydrogen) atoms. The van der Waals surface area contributed by atoms with E-state index in [4.69, 9.17) is 4.74 Å². The van der Waals surface area contributed by atoms with Gasteiger partial charge in [-0.1, -0.05) is 30.3 Å². The number of carbonyl (C=O) groups is 1. The lowest BCUT2D eigenvalue weighted by Gasteiger charge is -2.36. The van der Waals surface area contributed by atoms with E-state index in [0.29, 0.717) is 5.75 Å². The highest BCUT2D eigenvalue weighted by atomic mass is 16.5. The number of nitrogens with zero attached hydrogens (tertiary/aromatic N) is 1. The van der Waals surface area contributed by atoms with Crippen molar-refractivity contribution in [1.82, 2.24) is 0 Å². The molecule has 1 heterocycles. The standard InChI is InChI=1S/C18H19NO3/c1-22-15-9-4-7-14(12-15)17(18(20)21)19-11-5-8-13-6-2-3-10-16(13)19/h2-4,6-7,9-10,12,17H,5,8,11H2,1H3,(H,20,21). The van der Waals surface area contributed by atoms with E-state index in [9.17, 15) is 9.90 Å². The van der Waals surface area contributed by atoms with Gasteiger partial charge in [-0.05, 0) is 42.2 Å². The van der Waals surface area contributed by atoms with E-state index < -0.39 is 12.0 Å². The van der Waals surface area contributed by atoms with E-state index in [2.05, 4.69) is 6.07 Å². The van der Waals surface area contributed by atoms with Crippen molar-refractivity contribution in [2.45, 2.75) is 18.9 Å². The Morgan fingerprint density at radius 1 is 1.23 bits per heavy atom. The normalized spacial score (nSPS) is 15.0. The second-order valence-electron chi connectivity index (χ2n) is 5.44. The summed E-state index contributed by atoms with van der Waals surface area (Å²) in [5, 5.41) is 9.79. The largest absolute Gasteiger partial charge is 0.497 e. The predicted octanol–water partition coefficient (Wildman–Crippen LogP) is 3.27. The lowest BCUT2D eigenvalue weighted by molar-refractivity contribution is -0.138. The van der Waals surface area contributed by atoms with E-state index in [-0.39, 0.29) is 0 Å².